The van der Waals surface area contributed by atoms with Crippen molar-refractivity contribution in [3.05, 3.63) is 24.3 Å². The predicted octanol–water partition coefficient (Wildman–Crippen LogP) is -4.97. The summed E-state index contributed by atoms with van der Waals surface area (Å²) in [7, 11) is 1.59. The van der Waals surface area contributed by atoms with Crippen LogP contribution in [-0.2, 0) is 0 Å². The Labute approximate surface area is 100 Å². The van der Waals surface area contributed by atoms with Crippen molar-refractivity contribution < 1.29 is 34.7 Å². The maximum Gasteiger partial charge on any atom is 2.00 e. The minimum Gasteiger partial charge on any atom is -1.00 e. The molecule has 0 aliphatic carbocycles. The number of hydrogen-bond acceptors (Lipinski definition) is 2. The van der Waals surface area contributed by atoms with Crippen LogP contribution in [0.5, 0.6) is 11.5 Å². The van der Waals surface area contributed by atoms with Gasteiger partial charge in [0.25, 0.3) is 0 Å². The van der Waals surface area contributed by atoms with Gasteiger partial charge in [-0.05, 0) is 24.3 Å². The van der Waals surface area contributed by atoms with Crippen LogP contribution in [0.4, 0.5) is 0 Å². The molecule has 0 heterocycles. The first-order valence-corrected chi connectivity index (χ1v) is 2.66. The first kappa shape index (κ1) is 18.1. The van der Waals surface area contributed by atoms with Crippen molar-refractivity contribution in [3.8, 4) is 11.5 Å². The molecule has 0 fully saturated rings. The van der Waals surface area contributed by atoms with Crippen LogP contribution in [0.3, 0.4) is 0 Å². The van der Waals surface area contributed by atoms with E-state index in [0.717, 1.165) is 5.75 Å². The Hall–Kier alpha value is 0.166. The Morgan fingerprint density at radius 2 is 1.50 bits per heavy atom. The summed E-state index contributed by atoms with van der Waals surface area (Å²) in [6.45, 7) is 0. The van der Waals surface area contributed by atoms with Gasteiger partial charge in [0.1, 0.15) is 11.5 Å². The summed E-state index contributed by atoms with van der Waals surface area (Å²) in [4.78, 5) is 0. The van der Waals surface area contributed by atoms with Gasteiger partial charge in [-0.3, -0.25) is 0 Å². The van der Waals surface area contributed by atoms with E-state index in [1.807, 2.05) is 0 Å². The number of benzene rings is 1. The van der Waals surface area contributed by atoms with Gasteiger partial charge < -0.3 is 34.7 Å². The zero-order chi connectivity index (χ0) is 6.69. The van der Waals surface area contributed by atoms with Gasteiger partial charge in [-0.15, -0.1) is 0 Å². The SMILES string of the molecule is COc1ccc(O)cc1.[Cl-].[Cl-].[Mg+2]. The van der Waals surface area contributed by atoms with Crippen molar-refractivity contribution in [2.75, 3.05) is 7.11 Å². The molecule has 0 radical (unpaired) electrons. The van der Waals surface area contributed by atoms with Gasteiger partial charge in [0.05, 0.1) is 7.11 Å². The van der Waals surface area contributed by atoms with Crippen molar-refractivity contribution in [3.63, 3.8) is 0 Å². The summed E-state index contributed by atoms with van der Waals surface area (Å²) in [5.74, 6) is 1.02. The third-order valence-electron chi connectivity index (χ3n) is 1.07. The Morgan fingerprint density at radius 3 is 1.83 bits per heavy atom. The van der Waals surface area contributed by atoms with Crippen molar-refractivity contribution in [2.45, 2.75) is 0 Å². The number of aromatic hydroxyl groups is 1. The van der Waals surface area contributed by atoms with Gasteiger partial charge in [0.15, 0.2) is 0 Å². The molecular weight excluding hydrogens is 211 g/mol. The minimum atomic E-state index is 0. The Kier molecular flexibility index (Phi) is 13.9. The molecule has 1 rings (SSSR count). The fourth-order valence-corrected chi connectivity index (χ4v) is 0.582. The molecule has 0 atom stereocenters. The summed E-state index contributed by atoms with van der Waals surface area (Å²) in [6, 6.07) is 6.57. The van der Waals surface area contributed by atoms with Crippen molar-refractivity contribution in [1.82, 2.24) is 0 Å². The third-order valence-corrected chi connectivity index (χ3v) is 1.07. The first-order chi connectivity index (χ1) is 4.33. The Balaban J connectivity index is -0.000000270. The molecule has 1 N–H and O–H groups in total. The average Bonchev–Trinajstić information content (AvgIpc) is 1.90. The molecule has 0 amide bonds. The molecule has 1 aromatic rings. The fourth-order valence-electron chi connectivity index (χ4n) is 0.582. The van der Waals surface area contributed by atoms with Crippen LogP contribution in [0.2, 0.25) is 0 Å². The second-order valence-corrected chi connectivity index (χ2v) is 1.70. The summed E-state index contributed by atoms with van der Waals surface area (Å²) >= 11 is 0. The normalized spacial score (nSPS) is 6.75. The predicted molar refractivity (Wildman–Crippen MR) is 40.4 cm³/mol. The van der Waals surface area contributed by atoms with Crippen LogP contribution >= 0.6 is 0 Å². The maximum atomic E-state index is 8.80. The number of halogens is 2. The fraction of sp³-hybridized carbons (Fsp3) is 0.143. The van der Waals surface area contributed by atoms with Crippen LogP contribution in [0, 0.1) is 0 Å². The number of phenols is 1. The minimum absolute atomic E-state index is 0. The van der Waals surface area contributed by atoms with E-state index in [-0.39, 0.29) is 53.6 Å². The monoisotopic (exact) mass is 218 g/mol. The van der Waals surface area contributed by atoms with Crippen LogP contribution < -0.4 is 29.6 Å². The molecule has 2 nitrogen and oxygen atoms in total. The number of methoxy groups -OCH3 is 1. The summed E-state index contributed by atoms with van der Waals surface area (Å²) < 4.78 is 4.86. The summed E-state index contributed by atoms with van der Waals surface area (Å²) in [6.07, 6.45) is 0. The molecule has 1 aromatic carbocycles. The van der Waals surface area contributed by atoms with Gasteiger partial charge in [-0.25, -0.2) is 0 Å². The standard InChI is InChI=1S/C7H8O2.2ClH.Mg/c1-9-7-4-2-6(8)3-5-7;;;/h2-5,8H,1H3;2*1H;/q;;;+2/p-2. The molecule has 0 saturated heterocycles. The van der Waals surface area contributed by atoms with E-state index in [1.165, 1.54) is 0 Å². The molecule has 0 aliphatic heterocycles. The molecule has 0 aromatic heterocycles. The van der Waals surface area contributed by atoms with Crippen LogP contribution in [0.25, 0.3) is 0 Å². The Morgan fingerprint density at radius 1 is 1.08 bits per heavy atom. The van der Waals surface area contributed by atoms with Gasteiger partial charge in [-0.1, -0.05) is 0 Å². The maximum absolute atomic E-state index is 8.80. The average molecular weight is 219 g/mol. The quantitative estimate of drug-likeness (QED) is 0.480. The summed E-state index contributed by atoms with van der Waals surface area (Å²) in [5, 5.41) is 8.80. The van der Waals surface area contributed by atoms with Gasteiger partial charge >= 0.3 is 23.1 Å². The summed E-state index contributed by atoms with van der Waals surface area (Å²) in [5.41, 5.74) is 0. The number of rotatable bonds is 1. The molecule has 0 spiro atoms. The van der Waals surface area contributed by atoms with Crippen LogP contribution in [0.1, 0.15) is 0 Å². The van der Waals surface area contributed by atoms with Gasteiger partial charge in [-0.2, -0.15) is 0 Å². The smallest absolute Gasteiger partial charge is 1.00 e. The van der Waals surface area contributed by atoms with Crippen molar-refractivity contribution in [2.24, 2.45) is 0 Å². The van der Waals surface area contributed by atoms with Crippen LogP contribution in [0.15, 0.2) is 24.3 Å². The van der Waals surface area contributed by atoms with Gasteiger partial charge in [0, 0.05) is 0 Å². The van der Waals surface area contributed by atoms with E-state index in [2.05, 4.69) is 0 Å². The van der Waals surface area contributed by atoms with Crippen molar-refractivity contribution >= 4 is 23.1 Å². The zero-order valence-corrected chi connectivity index (χ0v) is 9.55. The van der Waals surface area contributed by atoms with E-state index in [4.69, 9.17) is 9.84 Å². The first-order valence-electron chi connectivity index (χ1n) is 2.66. The second-order valence-electron chi connectivity index (χ2n) is 1.70. The number of hydrogen-bond donors (Lipinski definition) is 1. The molecule has 5 heteroatoms. The third kappa shape index (κ3) is 5.77. The topological polar surface area (TPSA) is 29.5 Å². The van der Waals surface area contributed by atoms with E-state index >= 15 is 0 Å². The second kappa shape index (κ2) is 9.26. The molecule has 64 valence electrons. The van der Waals surface area contributed by atoms with Crippen molar-refractivity contribution in [1.29, 1.82) is 0 Å². The largest absolute Gasteiger partial charge is 2.00 e. The van der Waals surface area contributed by atoms with Gasteiger partial charge in [0.2, 0.25) is 0 Å². The number of phenolic OH excluding ortho intramolecular Hbond substituents is 1. The Bertz CT molecular complexity index is 191. The van der Waals surface area contributed by atoms with E-state index in [9.17, 15) is 0 Å². The molecular formula is C7H8Cl2MgO2. The van der Waals surface area contributed by atoms with E-state index < -0.39 is 0 Å². The van der Waals surface area contributed by atoms with E-state index in [0.29, 0.717) is 0 Å². The molecule has 0 saturated carbocycles. The molecule has 0 bridgehead atoms. The van der Waals surface area contributed by atoms with Crippen LogP contribution in [-0.4, -0.2) is 35.3 Å². The van der Waals surface area contributed by atoms with E-state index in [1.54, 1.807) is 31.4 Å². The number of ether oxygens (including phenoxy) is 1. The zero-order valence-electron chi connectivity index (χ0n) is 6.63. The molecule has 0 unspecified atom stereocenters. The molecule has 12 heavy (non-hydrogen) atoms. The molecule has 0 aliphatic rings.